The summed E-state index contributed by atoms with van der Waals surface area (Å²) in [4.78, 5) is 0. The van der Waals surface area contributed by atoms with Crippen molar-refractivity contribution in [2.45, 2.75) is 52.9 Å². The minimum Gasteiger partial charge on any atom is -0.405 e. The monoisotopic (exact) mass is 181 g/mol. The molecular formula is C12H23N. The maximum atomic E-state index is 5.38. The molecule has 0 aromatic rings. The van der Waals surface area contributed by atoms with Gasteiger partial charge in [0.2, 0.25) is 0 Å². The second kappa shape index (κ2) is 7.90. The Morgan fingerprint density at radius 2 is 1.85 bits per heavy atom. The van der Waals surface area contributed by atoms with Crippen LogP contribution in [0, 0.1) is 0 Å². The van der Waals surface area contributed by atoms with Gasteiger partial charge in [-0.2, -0.15) is 0 Å². The fraction of sp³-hybridized carbons (Fsp3) is 0.667. The highest BCUT2D eigenvalue weighted by Crippen LogP contribution is 2.09. The molecule has 0 unspecified atom stereocenters. The molecule has 1 nitrogen and oxygen atoms in total. The van der Waals surface area contributed by atoms with Gasteiger partial charge in [-0.1, -0.05) is 30.6 Å². The Bertz CT molecular complexity index is 178. The van der Waals surface area contributed by atoms with E-state index in [0.717, 1.165) is 6.42 Å². The smallest absolute Gasteiger partial charge is 0.00733 e. The lowest BCUT2D eigenvalue weighted by molar-refractivity contribution is 0.813. The van der Waals surface area contributed by atoms with Crippen LogP contribution in [-0.4, -0.2) is 0 Å². The molecule has 0 aliphatic carbocycles. The highest BCUT2D eigenvalue weighted by Gasteiger charge is 1.90. The number of hydrogen-bond donors (Lipinski definition) is 1. The van der Waals surface area contributed by atoms with E-state index >= 15 is 0 Å². The molecule has 2 N–H and O–H groups in total. The lowest BCUT2D eigenvalue weighted by Crippen LogP contribution is -1.85. The van der Waals surface area contributed by atoms with Gasteiger partial charge >= 0.3 is 0 Å². The molecule has 0 aromatic carbocycles. The quantitative estimate of drug-likeness (QED) is 0.490. The lowest BCUT2D eigenvalue weighted by Gasteiger charge is -1.99. The summed E-state index contributed by atoms with van der Waals surface area (Å²) in [6, 6.07) is 0. The van der Waals surface area contributed by atoms with Gasteiger partial charge in [0, 0.05) is 0 Å². The van der Waals surface area contributed by atoms with Crippen LogP contribution in [0.15, 0.2) is 23.4 Å². The molecule has 0 aromatic heterocycles. The third-order valence-electron chi connectivity index (χ3n) is 2.20. The van der Waals surface area contributed by atoms with Crippen LogP contribution in [0.3, 0.4) is 0 Å². The van der Waals surface area contributed by atoms with Gasteiger partial charge in [-0.3, -0.25) is 0 Å². The molecule has 76 valence electrons. The Balaban J connectivity index is 3.49. The van der Waals surface area contributed by atoms with Crippen molar-refractivity contribution >= 4 is 0 Å². The highest BCUT2D eigenvalue weighted by molar-refractivity contribution is 4.99. The van der Waals surface area contributed by atoms with Gasteiger partial charge in [0.25, 0.3) is 0 Å². The lowest BCUT2D eigenvalue weighted by atomic mass is 10.1. The van der Waals surface area contributed by atoms with Gasteiger partial charge in [-0.25, -0.2) is 0 Å². The molecular weight excluding hydrogens is 158 g/mol. The maximum Gasteiger partial charge on any atom is -0.00733 e. The van der Waals surface area contributed by atoms with Crippen LogP contribution in [-0.2, 0) is 0 Å². The third kappa shape index (κ3) is 7.63. The summed E-state index contributed by atoms with van der Waals surface area (Å²) in [5.41, 5.74) is 8.20. The van der Waals surface area contributed by atoms with E-state index in [0.29, 0.717) is 0 Å². The minimum atomic E-state index is 1.13. The summed E-state index contributed by atoms with van der Waals surface area (Å²) in [6.45, 7) is 6.52. The standard InChI is InChI=1S/C12H23N/c1-4-7-11(2)8-5-6-9-12(3)10-13/h8,10H,4-7,9,13H2,1-3H3/b11-8-,12-10-. The number of nitrogens with two attached hydrogens (primary N) is 1. The molecule has 0 saturated carbocycles. The van der Waals surface area contributed by atoms with Gasteiger partial charge in [0.1, 0.15) is 0 Å². The van der Waals surface area contributed by atoms with Gasteiger partial charge in [-0.15, -0.1) is 0 Å². The summed E-state index contributed by atoms with van der Waals surface area (Å²) in [6.07, 6.45) is 10.1. The Labute approximate surface area is 82.7 Å². The van der Waals surface area contributed by atoms with E-state index in [1.807, 2.05) is 0 Å². The van der Waals surface area contributed by atoms with Gasteiger partial charge < -0.3 is 5.73 Å². The first-order valence-corrected chi connectivity index (χ1v) is 5.23. The third-order valence-corrected chi connectivity index (χ3v) is 2.20. The average Bonchev–Trinajstić information content (AvgIpc) is 2.12. The molecule has 0 rings (SSSR count). The summed E-state index contributed by atoms with van der Waals surface area (Å²) in [5.74, 6) is 0. The van der Waals surface area contributed by atoms with Gasteiger partial charge in [0.05, 0.1) is 0 Å². The van der Waals surface area contributed by atoms with Crippen LogP contribution < -0.4 is 5.73 Å². The Hall–Kier alpha value is -0.720. The fourth-order valence-electron chi connectivity index (χ4n) is 1.31. The molecule has 1 heteroatoms. The van der Waals surface area contributed by atoms with Crippen molar-refractivity contribution in [1.82, 2.24) is 0 Å². The molecule has 0 radical (unpaired) electrons. The predicted octanol–water partition coefficient (Wildman–Crippen LogP) is 3.77. The molecule has 0 amide bonds. The Morgan fingerprint density at radius 3 is 2.38 bits per heavy atom. The van der Waals surface area contributed by atoms with Crippen molar-refractivity contribution in [3.8, 4) is 0 Å². The van der Waals surface area contributed by atoms with Crippen LogP contribution in [0.5, 0.6) is 0 Å². The van der Waals surface area contributed by atoms with E-state index in [-0.39, 0.29) is 0 Å². The molecule has 0 fully saturated rings. The molecule has 13 heavy (non-hydrogen) atoms. The first-order valence-electron chi connectivity index (χ1n) is 5.23. The largest absolute Gasteiger partial charge is 0.405 e. The molecule has 0 heterocycles. The molecule has 0 atom stereocenters. The number of unbranched alkanes of at least 4 members (excludes halogenated alkanes) is 1. The second-order valence-electron chi connectivity index (χ2n) is 3.71. The zero-order chi connectivity index (χ0) is 10.1. The summed E-state index contributed by atoms with van der Waals surface area (Å²) in [5, 5.41) is 0. The van der Waals surface area contributed by atoms with Crippen LogP contribution in [0.4, 0.5) is 0 Å². The fourth-order valence-corrected chi connectivity index (χ4v) is 1.31. The van der Waals surface area contributed by atoms with Crippen LogP contribution in [0.1, 0.15) is 52.9 Å². The van der Waals surface area contributed by atoms with Crippen LogP contribution in [0.2, 0.25) is 0 Å². The van der Waals surface area contributed by atoms with E-state index in [9.17, 15) is 0 Å². The second-order valence-corrected chi connectivity index (χ2v) is 3.71. The van der Waals surface area contributed by atoms with Crippen LogP contribution >= 0.6 is 0 Å². The zero-order valence-electron chi connectivity index (χ0n) is 9.27. The average molecular weight is 181 g/mol. The van der Waals surface area contributed by atoms with E-state index in [4.69, 9.17) is 5.73 Å². The van der Waals surface area contributed by atoms with Crippen molar-refractivity contribution in [3.63, 3.8) is 0 Å². The van der Waals surface area contributed by atoms with Crippen molar-refractivity contribution in [1.29, 1.82) is 0 Å². The summed E-state index contributed by atoms with van der Waals surface area (Å²) in [7, 11) is 0. The highest BCUT2D eigenvalue weighted by atomic mass is 14.5. The Morgan fingerprint density at radius 1 is 1.15 bits per heavy atom. The first kappa shape index (κ1) is 12.3. The number of hydrogen-bond acceptors (Lipinski definition) is 1. The molecule has 0 saturated heterocycles. The Kier molecular flexibility index (Phi) is 7.47. The van der Waals surface area contributed by atoms with E-state index < -0.39 is 0 Å². The van der Waals surface area contributed by atoms with Crippen LogP contribution in [0.25, 0.3) is 0 Å². The summed E-state index contributed by atoms with van der Waals surface area (Å²) >= 11 is 0. The zero-order valence-corrected chi connectivity index (χ0v) is 9.27. The number of rotatable bonds is 6. The van der Waals surface area contributed by atoms with Gasteiger partial charge in [0.15, 0.2) is 0 Å². The van der Waals surface area contributed by atoms with Crippen molar-refractivity contribution < 1.29 is 0 Å². The van der Waals surface area contributed by atoms with Crippen molar-refractivity contribution in [3.05, 3.63) is 23.4 Å². The predicted molar refractivity (Wildman–Crippen MR) is 60.5 cm³/mol. The van der Waals surface area contributed by atoms with E-state index in [2.05, 4.69) is 26.8 Å². The normalized spacial score (nSPS) is 13.5. The molecule has 0 bridgehead atoms. The SMILES string of the molecule is CCC/C(C)=C\CCC/C(C)=C\N. The first-order chi connectivity index (χ1) is 6.20. The van der Waals surface area contributed by atoms with Gasteiger partial charge in [-0.05, 0) is 45.7 Å². The number of allylic oxidation sites excluding steroid dienone is 3. The van der Waals surface area contributed by atoms with Crippen molar-refractivity contribution in [2.75, 3.05) is 0 Å². The maximum absolute atomic E-state index is 5.38. The molecule has 0 spiro atoms. The van der Waals surface area contributed by atoms with E-state index in [1.54, 1.807) is 6.20 Å². The molecule has 0 aliphatic rings. The topological polar surface area (TPSA) is 26.0 Å². The van der Waals surface area contributed by atoms with Crippen molar-refractivity contribution in [2.24, 2.45) is 5.73 Å². The summed E-state index contributed by atoms with van der Waals surface area (Å²) < 4.78 is 0. The van der Waals surface area contributed by atoms with E-state index in [1.165, 1.54) is 36.8 Å². The molecule has 0 aliphatic heterocycles. The minimum absolute atomic E-state index is 1.13.